The molecule has 0 aliphatic carbocycles. The highest BCUT2D eigenvalue weighted by Gasteiger charge is 2.17. The molecule has 6 bridgehead atoms. The third-order valence-electron chi connectivity index (χ3n) is 7.78. The van der Waals surface area contributed by atoms with Gasteiger partial charge in [0.05, 0.1) is 13.7 Å². The van der Waals surface area contributed by atoms with E-state index in [2.05, 4.69) is 72.8 Å². The van der Waals surface area contributed by atoms with Crippen molar-refractivity contribution in [2.75, 3.05) is 83.8 Å². The van der Waals surface area contributed by atoms with Crippen molar-refractivity contribution in [3.8, 4) is 11.5 Å². The Balaban J connectivity index is 1.37. The van der Waals surface area contributed by atoms with Gasteiger partial charge in [0.1, 0.15) is 24.6 Å². The molecule has 0 radical (unpaired) electrons. The molecule has 5 rings (SSSR count). The lowest BCUT2D eigenvalue weighted by Crippen LogP contribution is -2.47. The maximum absolute atomic E-state index is 12.8. The summed E-state index contributed by atoms with van der Waals surface area (Å²) in [6, 6.07) is 13.9. The summed E-state index contributed by atoms with van der Waals surface area (Å²) in [7, 11) is 3.78. The molecule has 42 heavy (non-hydrogen) atoms. The van der Waals surface area contributed by atoms with E-state index in [1.54, 1.807) is 7.11 Å². The first kappa shape index (κ1) is 29.6. The van der Waals surface area contributed by atoms with Gasteiger partial charge in [-0.05, 0) is 49.4 Å². The minimum Gasteiger partial charge on any atom is -0.493 e. The Labute approximate surface area is 248 Å². The Morgan fingerprint density at radius 2 is 1.62 bits per heavy atom. The zero-order valence-corrected chi connectivity index (χ0v) is 24.9. The van der Waals surface area contributed by atoms with Crippen LogP contribution >= 0.6 is 0 Å². The van der Waals surface area contributed by atoms with Crippen molar-refractivity contribution in [2.24, 2.45) is 0 Å². The summed E-state index contributed by atoms with van der Waals surface area (Å²) >= 11 is 0. The van der Waals surface area contributed by atoms with E-state index in [1.807, 2.05) is 24.3 Å². The fourth-order valence-corrected chi connectivity index (χ4v) is 5.14. The van der Waals surface area contributed by atoms with Crippen LogP contribution in [0.2, 0.25) is 0 Å². The molecule has 224 valence electrons. The van der Waals surface area contributed by atoms with Crippen molar-refractivity contribution < 1.29 is 14.3 Å². The predicted molar refractivity (Wildman–Crippen MR) is 165 cm³/mol. The van der Waals surface area contributed by atoms with E-state index in [1.165, 1.54) is 17.5 Å². The molecule has 3 aromatic rings. The van der Waals surface area contributed by atoms with Gasteiger partial charge >= 0.3 is 0 Å². The highest BCUT2D eigenvalue weighted by molar-refractivity contribution is 5.76. The number of nitrogens with one attached hydrogen (secondary N) is 3. The SMILES string of the molecule is COc1ccc2cc1OCCNC(=O)CCN(CCN1CCN(C)CC1)Cc1cc(ccc1C)Nc1cc(ncn1)N2. The van der Waals surface area contributed by atoms with Crippen LogP contribution in [-0.2, 0) is 11.3 Å². The smallest absolute Gasteiger partial charge is 0.221 e. The standard InChI is InChI=1S/C31H42N8O3/c1-23-4-5-25-18-24(23)21-39(16-15-38-13-11-37(2)12-14-38)10-8-31(40)32-9-17-42-28-19-26(6-7-27(28)41-3)36-30-20-29(35-25)33-22-34-30/h4-7,18-20,22H,8-17,21H2,1-3H3,(H,32,40)(H2,33,34,35,36). The fraction of sp³-hybridized carbons (Fsp3) is 0.452. The summed E-state index contributed by atoms with van der Waals surface area (Å²) < 4.78 is 11.5. The molecule has 1 aromatic heterocycles. The molecule has 11 heteroatoms. The van der Waals surface area contributed by atoms with E-state index in [9.17, 15) is 4.79 Å². The summed E-state index contributed by atoms with van der Waals surface area (Å²) in [4.78, 5) is 28.9. The van der Waals surface area contributed by atoms with Crippen molar-refractivity contribution in [2.45, 2.75) is 19.9 Å². The lowest BCUT2D eigenvalue weighted by molar-refractivity contribution is -0.121. The molecule has 1 fully saturated rings. The summed E-state index contributed by atoms with van der Waals surface area (Å²) in [6.07, 6.45) is 1.96. The highest BCUT2D eigenvalue weighted by atomic mass is 16.5. The van der Waals surface area contributed by atoms with E-state index >= 15 is 0 Å². The quantitative estimate of drug-likeness (QED) is 0.430. The topological polar surface area (TPSA) is 107 Å². The Kier molecular flexibility index (Phi) is 10.1. The van der Waals surface area contributed by atoms with Crippen LogP contribution in [0.25, 0.3) is 0 Å². The van der Waals surface area contributed by atoms with Crippen LogP contribution in [0.5, 0.6) is 11.5 Å². The van der Waals surface area contributed by atoms with Crippen LogP contribution in [0.1, 0.15) is 17.5 Å². The monoisotopic (exact) mass is 574 g/mol. The van der Waals surface area contributed by atoms with Crippen molar-refractivity contribution in [1.29, 1.82) is 0 Å². The van der Waals surface area contributed by atoms with E-state index in [0.717, 1.165) is 57.2 Å². The zero-order chi connectivity index (χ0) is 29.3. The van der Waals surface area contributed by atoms with E-state index in [4.69, 9.17) is 9.47 Å². The number of hydrogen-bond donors (Lipinski definition) is 3. The number of amides is 1. The van der Waals surface area contributed by atoms with E-state index < -0.39 is 0 Å². The molecule has 3 N–H and O–H groups in total. The highest BCUT2D eigenvalue weighted by Crippen LogP contribution is 2.31. The van der Waals surface area contributed by atoms with Gasteiger partial charge in [-0.3, -0.25) is 14.6 Å². The van der Waals surface area contributed by atoms with E-state index in [-0.39, 0.29) is 5.91 Å². The number of aryl methyl sites for hydroxylation is 1. The number of aromatic nitrogens is 2. The molecule has 2 aliphatic rings. The largest absolute Gasteiger partial charge is 0.493 e. The van der Waals surface area contributed by atoms with Gasteiger partial charge in [0.25, 0.3) is 0 Å². The number of fused-ring (bicyclic) bond motifs is 6. The minimum absolute atomic E-state index is 0.0164. The lowest BCUT2D eigenvalue weighted by atomic mass is 10.1. The summed E-state index contributed by atoms with van der Waals surface area (Å²) in [5.74, 6) is 2.55. The molecule has 0 unspecified atom stereocenters. The Hall–Kier alpha value is -3.93. The average molecular weight is 575 g/mol. The first-order chi connectivity index (χ1) is 20.4. The van der Waals surface area contributed by atoms with Crippen LogP contribution in [0.15, 0.2) is 48.8 Å². The van der Waals surface area contributed by atoms with Gasteiger partial charge in [0.2, 0.25) is 5.91 Å². The normalized spacial score (nSPS) is 17.7. The van der Waals surface area contributed by atoms with Crippen LogP contribution in [0.4, 0.5) is 23.0 Å². The molecule has 3 heterocycles. The van der Waals surface area contributed by atoms with Crippen LogP contribution in [-0.4, -0.2) is 104 Å². The van der Waals surface area contributed by atoms with Gasteiger partial charge < -0.3 is 30.3 Å². The van der Waals surface area contributed by atoms with Gasteiger partial charge in [0, 0.05) is 82.3 Å². The number of methoxy groups -OCH3 is 1. The molecule has 0 spiro atoms. The van der Waals surface area contributed by atoms with Crippen LogP contribution < -0.4 is 25.4 Å². The van der Waals surface area contributed by atoms with Gasteiger partial charge in [-0.2, -0.15) is 0 Å². The molecule has 0 saturated carbocycles. The summed E-state index contributed by atoms with van der Waals surface area (Å²) in [5.41, 5.74) is 4.18. The van der Waals surface area contributed by atoms with Crippen molar-refractivity contribution in [3.63, 3.8) is 0 Å². The van der Waals surface area contributed by atoms with Crippen molar-refractivity contribution in [3.05, 3.63) is 59.9 Å². The molecule has 11 nitrogen and oxygen atoms in total. The number of ether oxygens (including phenoxy) is 2. The number of carbonyl (C=O) groups excluding carboxylic acids is 1. The molecule has 2 aliphatic heterocycles. The second-order valence-corrected chi connectivity index (χ2v) is 10.9. The number of nitrogens with zero attached hydrogens (tertiary/aromatic N) is 5. The molecular weight excluding hydrogens is 532 g/mol. The van der Waals surface area contributed by atoms with Gasteiger partial charge in [-0.25, -0.2) is 9.97 Å². The Bertz CT molecular complexity index is 1350. The molecule has 1 amide bonds. The number of anilines is 4. The molecule has 1 saturated heterocycles. The van der Waals surface area contributed by atoms with Gasteiger partial charge in [-0.15, -0.1) is 0 Å². The third kappa shape index (κ3) is 8.31. The Morgan fingerprint density at radius 3 is 2.38 bits per heavy atom. The molecular formula is C31H42N8O3. The van der Waals surface area contributed by atoms with Gasteiger partial charge in [0.15, 0.2) is 11.5 Å². The van der Waals surface area contributed by atoms with Crippen molar-refractivity contribution in [1.82, 2.24) is 30.0 Å². The molecule has 2 aromatic carbocycles. The number of carbonyl (C=O) groups is 1. The maximum Gasteiger partial charge on any atom is 0.221 e. The lowest BCUT2D eigenvalue weighted by Gasteiger charge is -2.34. The first-order valence-corrected chi connectivity index (χ1v) is 14.6. The maximum atomic E-state index is 12.8. The number of piperazine rings is 1. The average Bonchev–Trinajstić information content (AvgIpc) is 2.99. The van der Waals surface area contributed by atoms with E-state index in [0.29, 0.717) is 49.3 Å². The first-order valence-electron chi connectivity index (χ1n) is 14.6. The summed E-state index contributed by atoms with van der Waals surface area (Å²) in [6.45, 7) is 10.5. The second-order valence-electron chi connectivity index (χ2n) is 10.9. The number of rotatable bonds is 4. The van der Waals surface area contributed by atoms with Crippen LogP contribution in [0, 0.1) is 6.92 Å². The van der Waals surface area contributed by atoms with Gasteiger partial charge in [-0.1, -0.05) is 6.07 Å². The number of benzene rings is 2. The van der Waals surface area contributed by atoms with Crippen molar-refractivity contribution >= 4 is 28.9 Å². The zero-order valence-electron chi connectivity index (χ0n) is 24.9. The number of hydrogen-bond acceptors (Lipinski definition) is 10. The fourth-order valence-electron chi connectivity index (χ4n) is 5.14. The Morgan fingerprint density at radius 1 is 0.905 bits per heavy atom. The predicted octanol–water partition coefficient (Wildman–Crippen LogP) is 3.23. The number of likely N-dealkylation sites (N-methyl/N-ethyl adjacent to an activating group) is 1. The minimum atomic E-state index is 0.0164. The second kappa shape index (κ2) is 14.3. The third-order valence-corrected chi connectivity index (χ3v) is 7.78. The summed E-state index contributed by atoms with van der Waals surface area (Å²) in [5, 5.41) is 9.77. The van der Waals surface area contributed by atoms with Crippen LogP contribution in [0.3, 0.4) is 0 Å². The molecule has 0 atom stereocenters.